The average Bonchev–Trinajstić information content (AvgIpc) is 2.59. The number of benzene rings is 1. The molecule has 0 amide bonds. The quantitative estimate of drug-likeness (QED) is 0.755. The fourth-order valence-electron chi connectivity index (χ4n) is 2.01. The van der Waals surface area contributed by atoms with Crippen molar-refractivity contribution in [1.82, 2.24) is 14.0 Å². The fraction of sp³-hybridized carbons (Fsp3) is 0.353. The maximum atomic E-state index is 12.2. The van der Waals surface area contributed by atoms with Crippen LogP contribution in [-0.4, -0.2) is 31.3 Å². The SMILES string of the molecule is CCCCN(C)S(=O)(=O)NCc1ccnc(Oc2ccccc2)c1. The zero-order valence-electron chi connectivity index (χ0n) is 14.0. The van der Waals surface area contributed by atoms with Crippen LogP contribution in [0.1, 0.15) is 25.3 Å². The van der Waals surface area contributed by atoms with E-state index in [1.54, 1.807) is 25.4 Å². The van der Waals surface area contributed by atoms with Crippen molar-refractivity contribution in [1.29, 1.82) is 0 Å². The summed E-state index contributed by atoms with van der Waals surface area (Å²) in [6, 6.07) is 12.8. The van der Waals surface area contributed by atoms with Gasteiger partial charge in [0.25, 0.3) is 10.2 Å². The van der Waals surface area contributed by atoms with E-state index in [2.05, 4.69) is 9.71 Å². The van der Waals surface area contributed by atoms with Crippen molar-refractivity contribution in [3.8, 4) is 11.6 Å². The summed E-state index contributed by atoms with van der Waals surface area (Å²) in [5.74, 6) is 1.11. The highest BCUT2D eigenvalue weighted by Crippen LogP contribution is 2.19. The molecule has 1 aromatic carbocycles. The van der Waals surface area contributed by atoms with Crippen molar-refractivity contribution in [2.45, 2.75) is 26.3 Å². The summed E-state index contributed by atoms with van der Waals surface area (Å²) in [6.07, 6.45) is 3.38. The lowest BCUT2D eigenvalue weighted by Crippen LogP contribution is -2.38. The molecule has 1 aromatic heterocycles. The Morgan fingerprint density at radius 3 is 2.67 bits per heavy atom. The molecule has 2 rings (SSSR count). The van der Waals surface area contributed by atoms with E-state index < -0.39 is 10.2 Å². The molecule has 0 radical (unpaired) electrons. The van der Waals surface area contributed by atoms with Crippen LogP contribution >= 0.6 is 0 Å². The van der Waals surface area contributed by atoms with Gasteiger partial charge in [0.2, 0.25) is 5.88 Å². The van der Waals surface area contributed by atoms with Crippen molar-refractivity contribution in [3.63, 3.8) is 0 Å². The first-order chi connectivity index (χ1) is 11.5. The molecule has 0 atom stereocenters. The Morgan fingerprint density at radius 1 is 1.21 bits per heavy atom. The maximum Gasteiger partial charge on any atom is 0.279 e. The molecule has 0 unspecified atom stereocenters. The molecule has 0 fully saturated rings. The molecule has 24 heavy (non-hydrogen) atoms. The third kappa shape index (κ3) is 5.59. The van der Waals surface area contributed by atoms with Crippen LogP contribution in [0.4, 0.5) is 0 Å². The number of nitrogens with zero attached hydrogens (tertiary/aromatic N) is 2. The molecule has 130 valence electrons. The van der Waals surface area contributed by atoms with Crippen LogP contribution in [0.2, 0.25) is 0 Å². The lowest BCUT2D eigenvalue weighted by Gasteiger charge is -2.17. The van der Waals surface area contributed by atoms with Gasteiger partial charge >= 0.3 is 0 Å². The number of pyridine rings is 1. The van der Waals surface area contributed by atoms with Gasteiger partial charge in [0, 0.05) is 32.4 Å². The van der Waals surface area contributed by atoms with Crippen molar-refractivity contribution < 1.29 is 13.2 Å². The van der Waals surface area contributed by atoms with Crippen LogP contribution in [0.25, 0.3) is 0 Å². The molecule has 0 spiro atoms. The standard InChI is InChI=1S/C17H23N3O3S/c1-3-4-12-20(2)24(21,22)19-14-15-10-11-18-17(13-15)23-16-8-6-5-7-9-16/h5-11,13,19H,3-4,12,14H2,1-2H3. The van der Waals surface area contributed by atoms with Crippen molar-refractivity contribution >= 4 is 10.2 Å². The molecule has 0 aliphatic carbocycles. The lowest BCUT2D eigenvalue weighted by atomic mass is 10.3. The van der Waals surface area contributed by atoms with E-state index in [0.717, 1.165) is 18.4 Å². The fourth-order valence-corrected chi connectivity index (χ4v) is 2.95. The van der Waals surface area contributed by atoms with E-state index in [-0.39, 0.29) is 6.54 Å². The summed E-state index contributed by atoms with van der Waals surface area (Å²) in [6.45, 7) is 2.72. The van der Waals surface area contributed by atoms with Crippen LogP contribution in [0.5, 0.6) is 11.6 Å². The van der Waals surface area contributed by atoms with Gasteiger partial charge in [0.15, 0.2) is 0 Å². The van der Waals surface area contributed by atoms with Crippen LogP contribution in [0, 0.1) is 0 Å². The first-order valence-electron chi connectivity index (χ1n) is 7.90. The summed E-state index contributed by atoms with van der Waals surface area (Å²) in [4.78, 5) is 4.14. The number of para-hydroxylation sites is 1. The number of hydrogen-bond donors (Lipinski definition) is 1. The summed E-state index contributed by atoms with van der Waals surface area (Å²) < 4.78 is 33.9. The second-order valence-corrected chi connectivity index (χ2v) is 7.28. The van der Waals surface area contributed by atoms with Crippen LogP contribution in [0.3, 0.4) is 0 Å². The molecule has 0 aliphatic rings. The van der Waals surface area contributed by atoms with Gasteiger partial charge in [-0.15, -0.1) is 0 Å². The second-order valence-electron chi connectivity index (χ2n) is 5.42. The number of ether oxygens (including phenoxy) is 1. The molecule has 0 saturated carbocycles. The number of hydrogen-bond acceptors (Lipinski definition) is 4. The first kappa shape index (κ1) is 18.4. The number of unbranched alkanes of at least 4 members (excludes halogenated alkanes) is 1. The van der Waals surface area contributed by atoms with Crippen LogP contribution < -0.4 is 9.46 Å². The van der Waals surface area contributed by atoms with E-state index >= 15 is 0 Å². The largest absolute Gasteiger partial charge is 0.439 e. The predicted octanol–water partition coefficient (Wildman–Crippen LogP) is 2.94. The van der Waals surface area contributed by atoms with Crippen LogP contribution in [0.15, 0.2) is 48.7 Å². The van der Waals surface area contributed by atoms with Crippen molar-refractivity contribution in [3.05, 3.63) is 54.2 Å². The minimum absolute atomic E-state index is 0.187. The van der Waals surface area contributed by atoms with Gasteiger partial charge in [-0.2, -0.15) is 17.4 Å². The molecule has 0 saturated heterocycles. The zero-order chi connectivity index (χ0) is 17.4. The Balaban J connectivity index is 1.97. The Hall–Kier alpha value is -1.96. The summed E-state index contributed by atoms with van der Waals surface area (Å²) >= 11 is 0. The van der Waals surface area contributed by atoms with Crippen molar-refractivity contribution in [2.75, 3.05) is 13.6 Å². The predicted molar refractivity (Wildman–Crippen MR) is 94.1 cm³/mol. The molecule has 1 heterocycles. The highest BCUT2D eigenvalue weighted by atomic mass is 32.2. The van der Waals surface area contributed by atoms with E-state index in [4.69, 9.17) is 4.74 Å². The highest BCUT2D eigenvalue weighted by molar-refractivity contribution is 7.87. The van der Waals surface area contributed by atoms with E-state index in [0.29, 0.717) is 18.2 Å². The molecule has 0 aliphatic heterocycles. The zero-order valence-corrected chi connectivity index (χ0v) is 14.8. The van der Waals surface area contributed by atoms with Gasteiger partial charge in [0.05, 0.1) is 0 Å². The normalized spacial score (nSPS) is 11.6. The molecular weight excluding hydrogens is 326 g/mol. The maximum absolute atomic E-state index is 12.2. The Labute approximate surface area is 143 Å². The summed E-state index contributed by atoms with van der Waals surface area (Å²) in [7, 11) is -1.90. The third-order valence-electron chi connectivity index (χ3n) is 3.46. The number of aromatic nitrogens is 1. The van der Waals surface area contributed by atoms with Gasteiger partial charge in [-0.25, -0.2) is 4.98 Å². The van der Waals surface area contributed by atoms with Gasteiger partial charge < -0.3 is 4.74 Å². The molecule has 1 N–H and O–H groups in total. The Bertz CT molecular complexity index is 736. The summed E-state index contributed by atoms with van der Waals surface area (Å²) in [5, 5.41) is 0. The van der Waals surface area contributed by atoms with E-state index in [1.165, 1.54) is 4.31 Å². The van der Waals surface area contributed by atoms with E-state index in [9.17, 15) is 8.42 Å². The van der Waals surface area contributed by atoms with Gasteiger partial charge in [-0.05, 0) is 30.2 Å². The van der Waals surface area contributed by atoms with E-state index in [1.807, 2.05) is 37.3 Å². The Kier molecular flexibility index (Phi) is 6.72. The monoisotopic (exact) mass is 349 g/mol. The first-order valence-corrected chi connectivity index (χ1v) is 9.34. The van der Waals surface area contributed by atoms with Crippen molar-refractivity contribution in [2.24, 2.45) is 0 Å². The molecule has 0 bridgehead atoms. The summed E-state index contributed by atoms with van der Waals surface area (Å²) in [5.41, 5.74) is 0.781. The minimum Gasteiger partial charge on any atom is -0.439 e. The van der Waals surface area contributed by atoms with Gasteiger partial charge in [0.1, 0.15) is 5.75 Å². The van der Waals surface area contributed by atoms with Gasteiger partial charge in [-0.1, -0.05) is 31.5 Å². The minimum atomic E-state index is -3.48. The van der Waals surface area contributed by atoms with Crippen LogP contribution in [-0.2, 0) is 16.8 Å². The number of nitrogens with one attached hydrogen (secondary N) is 1. The molecular formula is C17H23N3O3S. The Morgan fingerprint density at radius 2 is 1.96 bits per heavy atom. The molecule has 7 heteroatoms. The van der Waals surface area contributed by atoms with Gasteiger partial charge in [-0.3, -0.25) is 0 Å². The topological polar surface area (TPSA) is 71.5 Å². The smallest absolute Gasteiger partial charge is 0.279 e. The lowest BCUT2D eigenvalue weighted by molar-refractivity contribution is 0.447. The molecule has 6 nitrogen and oxygen atoms in total. The highest BCUT2D eigenvalue weighted by Gasteiger charge is 2.16. The molecule has 2 aromatic rings. The third-order valence-corrected chi connectivity index (χ3v) is 4.97. The number of rotatable bonds is 9. The second kappa shape index (κ2) is 8.77. The average molecular weight is 349 g/mol.